The molecular formula is C13H16O. The molecule has 1 atom stereocenters. The molecule has 1 unspecified atom stereocenters. The Balaban J connectivity index is 2.61. The Labute approximate surface area is 85.4 Å². The first kappa shape index (κ1) is 10.7. The van der Waals surface area contributed by atoms with E-state index >= 15 is 0 Å². The van der Waals surface area contributed by atoms with Crippen LogP contribution >= 0.6 is 0 Å². The van der Waals surface area contributed by atoms with Crippen molar-refractivity contribution < 1.29 is 5.11 Å². The first-order valence-corrected chi connectivity index (χ1v) is 4.79. The average molecular weight is 188 g/mol. The number of benzene rings is 1. The smallest absolute Gasteiger partial charge is 0.0793 e. The van der Waals surface area contributed by atoms with Crippen molar-refractivity contribution in [2.24, 2.45) is 0 Å². The number of hydrogen-bond donors (Lipinski definition) is 1. The van der Waals surface area contributed by atoms with Crippen LogP contribution in [-0.4, -0.2) is 11.2 Å². The average Bonchev–Trinajstić information content (AvgIpc) is 2.26. The second-order valence-corrected chi connectivity index (χ2v) is 3.27. The molecule has 1 heteroatoms. The lowest BCUT2D eigenvalue weighted by Gasteiger charge is -2.12. The van der Waals surface area contributed by atoms with Crippen LogP contribution in [0.3, 0.4) is 0 Å². The summed E-state index contributed by atoms with van der Waals surface area (Å²) in [6.45, 7) is 7.52. The van der Waals surface area contributed by atoms with E-state index < -0.39 is 6.10 Å². The van der Waals surface area contributed by atoms with Crippen molar-refractivity contribution in [2.75, 3.05) is 0 Å². The lowest BCUT2D eigenvalue weighted by Crippen LogP contribution is -2.07. The summed E-state index contributed by atoms with van der Waals surface area (Å²) in [5.41, 5.74) is 1.79. The molecule has 74 valence electrons. The van der Waals surface area contributed by atoms with Gasteiger partial charge in [0.05, 0.1) is 6.10 Å². The number of aliphatic hydroxyl groups excluding tert-OH is 1. The molecule has 1 aromatic rings. The summed E-state index contributed by atoms with van der Waals surface area (Å²) in [4.78, 5) is 0. The molecule has 1 nitrogen and oxygen atoms in total. The van der Waals surface area contributed by atoms with E-state index in [1.54, 1.807) is 0 Å². The van der Waals surface area contributed by atoms with Crippen LogP contribution in [-0.2, 0) is 0 Å². The highest BCUT2D eigenvalue weighted by atomic mass is 16.3. The number of hydrogen-bond acceptors (Lipinski definition) is 1. The van der Waals surface area contributed by atoms with Crippen molar-refractivity contribution in [1.29, 1.82) is 0 Å². The molecule has 1 rings (SSSR count). The highest BCUT2D eigenvalue weighted by Crippen LogP contribution is 2.18. The van der Waals surface area contributed by atoms with Gasteiger partial charge < -0.3 is 5.11 Å². The van der Waals surface area contributed by atoms with Gasteiger partial charge in [-0.1, -0.05) is 43.0 Å². The quantitative estimate of drug-likeness (QED) is 0.704. The first-order chi connectivity index (χ1) is 6.75. The van der Waals surface area contributed by atoms with E-state index in [-0.39, 0.29) is 0 Å². The summed E-state index contributed by atoms with van der Waals surface area (Å²) in [6, 6.07) is 9.76. The largest absolute Gasteiger partial charge is 0.388 e. The van der Waals surface area contributed by atoms with E-state index in [1.807, 2.05) is 36.4 Å². The highest BCUT2D eigenvalue weighted by Gasteiger charge is 2.08. The van der Waals surface area contributed by atoms with E-state index in [0.29, 0.717) is 6.42 Å². The molecular weight excluding hydrogens is 172 g/mol. The van der Waals surface area contributed by atoms with E-state index in [9.17, 15) is 5.11 Å². The summed E-state index contributed by atoms with van der Waals surface area (Å²) in [7, 11) is 0. The summed E-state index contributed by atoms with van der Waals surface area (Å²) in [5, 5.41) is 9.75. The molecule has 0 aliphatic heterocycles. The van der Waals surface area contributed by atoms with Gasteiger partial charge in [-0.25, -0.2) is 0 Å². The van der Waals surface area contributed by atoms with Gasteiger partial charge in [0.15, 0.2) is 0 Å². The van der Waals surface area contributed by atoms with Crippen LogP contribution in [0.5, 0.6) is 0 Å². The fourth-order valence-electron chi connectivity index (χ4n) is 1.29. The number of aliphatic hydroxyl groups is 1. The van der Waals surface area contributed by atoms with Gasteiger partial charge >= 0.3 is 0 Å². The third kappa shape index (κ3) is 2.86. The van der Waals surface area contributed by atoms with E-state index in [4.69, 9.17) is 0 Å². The highest BCUT2D eigenvalue weighted by molar-refractivity contribution is 5.66. The number of rotatable bonds is 5. The van der Waals surface area contributed by atoms with Crippen molar-refractivity contribution in [3.8, 4) is 0 Å². The minimum absolute atomic E-state index is 0.463. The molecule has 0 aliphatic rings. The second kappa shape index (κ2) is 5.40. The zero-order valence-electron chi connectivity index (χ0n) is 8.32. The lowest BCUT2D eigenvalue weighted by molar-refractivity contribution is 0.223. The molecule has 0 aliphatic carbocycles. The van der Waals surface area contributed by atoms with Gasteiger partial charge in [-0.15, -0.1) is 6.58 Å². The lowest BCUT2D eigenvalue weighted by atomic mass is 9.99. The third-order valence-corrected chi connectivity index (χ3v) is 2.19. The molecule has 0 saturated carbocycles. The maximum absolute atomic E-state index is 9.75. The molecule has 0 fully saturated rings. The van der Waals surface area contributed by atoms with Crippen LogP contribution in [0.2, 0.25) is 0 Å². The van der Waals surface area contributed by atoms with Crippen LogP contribution in [0, 0.1) is 0 Å². The molecule has 14 heavy (non-hydrogen) atoms. The van der Waals surface area contributed by atoms with Crippen molar-refractivity contribution in [1.82, 2.24) is 0 Å². The van der Waals surface area contributed by atoms with Crippen LogP contribution in [0.15, 0.2) is 49.6 Å². The topological polar surface area (TPSA) is 20.2 Å². The van der Waals surface area contributed by atoms with Gasteiger partial charge in [-0.2, -0.15) is 0 Å². The minimum atomic E-state index is -0.463. The van der Waals surface area contributed by atoms with Crippen LogP contribution in [0.4, 0.5) is 0 Å². The van der Waals surface area contributed by atoms with E-state index in [1.165, 1.54) is 0 Å². The fraction of sp³-hybridized carbons (Fsp3) is 0.231. The predicted octanol–water partition coefficient (Wildman–Crippen LogP) is 3.03. The molecule has 1 aromatic carbocycles. The molecule has 0 radical (unpaired) electrons. The normalized spacial score (nSPS) is 12.1. The predicted molar refractivity (Wildman–Crippen MR) is 60.9 cm³/mol. The maximum Gasteiger partial charge on any atom is 0.0793 e. The van der Waals surface area contributed by atoms with Gasteiger partial charge in [0.1, 0.15) is 0 Å². The Morgan fingerprint density at radius 3 is 2.57 bits per heavy atom. The maximum atomic E-state index is 9.75. The molecule has 0 heterocycles. The molecule has 1 N–H and O–H groups in total. The van der Waals surface area contributed by atoms with Crippen LogP contribution < -0.4 is 0 Å². The van der Waals surface area contributed by atoms with Gasteiger partial charge in [0.2, 0.25) is 0 Å². The van der Waals surface area contributed by atoms with Crippen molar-refractivity contribution in [3.05, 3.63) is 55.1 Å². The minimum Gasteiger partial charge on any atom is -0.388 e. The molecule has 0 aromatic heterocycles. The van der Waals surface area contributed by atoms with Crippen LogP contribution in [0.1, 0.15) is 18.4 Å². The Kier molecular flexibility index (Phi) is 4.14. The molecule has 0 amide bonds. The van der Waals surface area contributed by atoms with Crippen molar-refractivity contribution >= 4 is 5.57 Å². The van der Waals surface area contributed by atoms with Crippen molar-refractivity contribution in [2.45, 2.75) is 18.9 Å². The Morgan fingerprint density at radius 1 is 1.36 bits per heavy atom. The molecule has 0 bridgehead atoms. The van der Waals surface area contributed by atoms with E-state index in [0.717, 1.165) is 17.6 Å². The number of allylic oxidation sites excluding steroid dienone is 1. The summed E-state index contributed by atoms with van der Waals surface area (Å²) >= 11 is 0. The molecule has 0 spiro atoms. The molecule has 0 saturated heterocycles. The van der Waals surface area contributed by atoms with Gasteiger partial charge in [0, 0.05) is 0 Å². The summed E-state index contributed by atoms with van der Waals surface area (Å²) in [6.07, 6.45) is 2.85. The SMILES string of the molecule is C=CCCC(O)C(=C)c1ccccc1. The first-order valence-electron chi connectivity index (χ1n) is 4.79. The second-order valence-electron chi connectivity index (χ2n) is 3.27. The van der Waals surface area contributed by atoms with E-state index in [2.05, 4.69) is 13.2 Å². The zero-order valence-corrected chi connectivity index (χ0v) is 8.32. The van der Waals surface area contributed by atoms with Gasteiger partial charge in [-0.05, 0) is 24.0 Å². The summed E-state index contributed by atoms with van der Waals surface area (Å²) < 4.78 is 0. The van der Waals surface area contributed by atoms with Gasteiger partial charge in [0.25, 0.3) is 0 Å². The fourth-order valence-corrected chi connectivity index (χ4v) is 1.29. The van der Waals surface area contributed by atoms with Crippen LogP contribution in [0.25, 0.3) is 5.57 Å². The standard InChI is InChI=1S/C13H16O/c1-3-4-10-13(14)11(2)12-8-6-5-7-9-12/h3,5-9,13-14H,1-2,4,10H2. The Morgan fingerprint density at radius 2 is 2.00 bits per heavy atom. The Hall–Kier alpha value is -1.34. The van der Waals surface area contributed by atoms with Gasteiger partial charge in [-0.3, -0.25) is 0 Å². The zero-order chi connectivity index (χ0) is 10.4. The Bertz CT molecular complexity index is 300. The third-order valence-electron chi connectivity index (χ3n) is 2.19. The monoisotopic (exact) mass is 188 g/mol. The van der Waals surface area contributed by atoms with Crippen molar-refractivity contribution in [3.63, 3.8) is 0 Å². The summed E-state index contributed by atoms with van der Waals surface area (Å²) in [5.74, 6) is 0.